The van der Waals surface area contributed by atoms with Crippen LogP contribution in [0, 0.1) is 6.92 Å². The molecule has 0 spiro atoms. The molecule has 0 bridgehead atoms. The highest BCUT2D eigenvalue weighted by Gasteiger charge is 2.21. The summed E-state index contributed by atoms with van der Waals surface area (Å²) in [5.74, 6) is -0.118. The quantitative estimate of drug-likeness (QED) is 0.808. The van der Waals surface area contributed by atoms with Crippen molar-refractivity contribution >= 4 is 22.6 Å². The van der Waals surface area contributed by atoms with Gasteiger partial charge in [0.25, 0.3) is 5.56 Å². The predicted molar refractivity (Wildman–Crippen MR) is 94.2 cm³/mol. The van der Waals surface area contributed by atoms with Crippen molar-refractivity contribution in [2.75, 3.05) is 26.2 Å². The van der Waals surface area contributed by atoms with Crippen LogP contribution in [0.1, 0.15) is 19.0 Å². The number of fused-ring (bicyclic) bond motifs is 1. The Morgan fingerprint density at radius 1 is 1.04 bits per heavy atom. The van der Waals surface area contributed by atoms with Gasteiger partial charge in [0.05, 0.1) is 11.1 Å². The minimum Gasteiger partial charge on any atom is -0.341 e. The van der Waals surface area contributed by atoms with Crippen LogP contribution in [0.3, 0.4) is 0 Å². The minimum absolute atomic E-state index is 0.0253. The second kappa shape index (κ2) is 7.04. The number of nitrogens with zero attached hydrogens (tertiary/aromatic N) is 4. The molecule has 0 N–H and O–H groups in total. The van der Waals surface area contributed by atoms with E-state index in [1.807, 2.05) is 19.1 Å². The largest absolute Gasteiger partial charge is 0.341 e. The number of carbonyl (C=O) groups excluding carboxylic acids is 2. The molecule has 0 radical (unpaired) electrons. The molecule has 3 rings (SSSR count). The average molecular weight is 342 g/mol. The number of aryl methyl sites for hydroxylation is 1. The summed E-state index contributed by atoms with van der Waals surface area (Å²) in [6, 6.07) is 7.28. The monoisotopic (exact) mass is 342 g/mol. The number of benzene rings is 1. The van der Waals surface area contributed by atoms with E-state index >= 15 is 0 Å². The Morgan fingerprint density at radius 2 is 1.68 bits per heavy atom. The number of amides is 2. The van der Waals surface area contributed by atoms with Crippen molar-refractivity contribution in [1.82, 2.24) is 19.6 Å². The number of aromatic nitrogens is 2. The van der Waals surface area contributed by atoms with Gasteiger partial charge < -0.3 is 9.80 Å². The van der Waals surface area contributed by atoms with E-state index in [0.29, 0.717) is 31.6 Å². The van der Waals surface area contributed by atoms with Crippen molar-refractivity contribution in [2.24, 2.45) is 0 Å². The van der Waals surface area contributed by atoms with E-state index in [-0.39, 0.29) is 23.9 Å². The molecule has 1 aromatic carbocycles. The zero-order valence-corrected chi connectivity index (χ0v) is 14.6. The molecule has 2 amide bonds. The molecule has 1 fully saturated rings. The van der Waals surface area contributed by atoms with Gasteiger partial charge in [-0.2, -0.15) is 5.10 Å². The van der Waals surface area contributed by atoms with Crippen LogP contribution in [0.15, 0.2) is 29.1 Å². The normalized spacial score (nSPS) is 15.3. The van der Waals surface area contributed by atoms with Crippen molar-refractivity contribution in [3.63, 3.8) is 0 Å². The highest BCUT2D eigenvalue weighted by molar-refractivity contribution is 5.83. The van der Waals surface area contributed by atoms with Gasteiger partial charge in [-0.1, -0.05) is 18.2 Å². The summed E-state index contributed by atoms with van der Waals surface area (Å²) in [5, 5.41) is 5.67. The van der Waals surface area contributed by atoms with Gasteiger partial charge in [0, 0.05) is 38.5 Å². The lowest BCUT2D eigenvalue weighted by atomic mass is 10.1. The summed E-state index contributed by atoms with van der Waals surface area (Å²) in [4.78, 5) is 40.2. The van der Waals surface area contributed by atoms with Gasteiger partial charge in [-0.25, -0.2) is 4.68 Å². The Bertz CT molecular complexity index is 874. The number of rotatable bonds is 2. The molecule has 25 heavy (non-hydrogen) atoms. The third kappa shape index (κ3) is 3.55. The number of carbonyl (C=O) groups is 2. The molecule has 0 aliphatic carbocycles. The first-order chi connectivity index (χ1) is 12.0. The van der Waals surface area contributed by atoms with E-state index in [9.17, 15) is 14.4 Å². The van der Waals surface area contributed by atoms with E-state index in [2.05, 4.69) is 5.10 Å². The van der Waals surface area contributed by atoms with Crippen molar-refractivity contribution in [2.45, 2.75) is 26.8 Å². The van der Waals surface area contributed by atoms with Crippen molar-refractivity contribution in [3.05, 3.63) is 40.3 Å². The highest BCUT2D eigenvalue weighted by Crippen LogP contribution is 2.12. The van der Waals surface area contributed by atoms with Gasteiger partial charge in [0.15, 0.2) is 0 Å². The number of hydrogen-bond acceptors (Lipinski definition) is 4. The Labute approximate surface area is 145 Å². The van der Waals surface area contributed by atoms with Crippen molar-refractivity contribution in [3.8, 4) is 0 Å². The van der Waals surface area contributed by atoms with E-state index in [0.717, 1.165) is 17.5 Å². The van der Waals surface area contributed by atoms with Crippen LogP contribution < -0.4 is 5.56 Å². The molecule has 1 aliphatic rings. The first kappa shape index (κ1) is 17.1. The maximum Gasteiger partial charge on any atom is 0.275 e. The van der Waals surface area contributed by atoms with Crippen LogP contribution >= 0.6 is 0 Å². The Morgan fingerprint density at radius 3 is 2.40 bits per heavy atom. The Hall–Kier alpha value is -2.70. The molecule has 1 saturated heterocycles. The van der Waals surface area contributed by atoms with Crippen LogP contribution in [0.4, 0.5) is 0 Å². The van der Waals surface area contributed by atoms with E-state index < -0.39 is 0 Å². The molecular weight excluding hydrogens is 320 g/mol. The summed E-state index contributed by atoms with van der Waals surface area (Å²) in [7, 11) is 0. The smallest absolute Gasteiger partial charge is 0.275 e. The fraction of sp³-hybridized carbons (Fsp3) is 0.444. The second-order valence-electron chi connectivity index (χ2n) is 6.33. The molecule has 2 heterocycles. The SMILES string of the molecule is CC(=O)N1CCCN(C(=O)Cn2nc(C)c3ccccc3c2=O)CC1. The molecular formula is C18H22N4O3. The molecule has 1 aliphatic heterocycles. The van der Waals surface area contributed by atoms with Gasteiger partial charge >= 0.3 is 0 Å². The maximum absolute atomic E-state index is 12.6. The van der Waals surface area contributed by atoms with E-state index in [4.69, 9.17) is 0 Å². The van der Waals surface area contributed by atoms with Crippen LogP contribution in [0.25, 0.3) is 10.8 Å². The zero-order chi connectivity index (χ0) is 18.0. The summed E-state index contributed by atoms with van der Waals surface area (Å²) < 4.78 is 1.24. The predicted octanol–water partition coefficient (Wildman–Crippen LogP) is 0.786. The molecule has 0 unspecified atom stereocenters. The third-order valence-electron chi connectivity index (χ3n) is 4.63. The van der Waals surface area contributed by atoms with Gasteiger partial charge in [-0.15, -0.1) is 0 Å². The van der Waals surface area contributed by atoms with Gasteiger partial charge in [0.2, 0.25) is 11.8 Å². The molecule has 7 heteroatoms. The molecule has 132 valence electrons. The minimum atomic E-state index is -0.255. The topological polar surface area (TPSA) is 75.5 Å². The van der Waals surface area contributed by atoms with Crippen LogP contribution in [-0.4, -0.2) is 57.6 Å². The first-order valence-electron chi connectivity index (χ1n) is 8.47. The van der Waals surface area contributed by atoms with E-state index in [1.165, 1.54) is 4.68 Å². The van der Waals surface area contributed by atoms with Gasteiger partial charge in [-0.05, 0) is 19.4 Å². The molecule has 7 nitrogen and oxygen atoms in total. The number of hydrogen-bond donors (Lipinski definition) is 0. The lowest BCUT2D eigenvalue weighted by molar-refractivity contribution is -0.133. The zero-order valence-electron chi connectivity index (χ0n) is 14.6. The molecule has 1 aromatic heterocycles. The van der Waals surface area contributed by atoms with Crippen molar-refractivity contribution in [1.29, 1.82) is 0 Å². The Kier molecular flexibility index (Phi) is 4.83. The van der Waals surface area contributed by atoms with Crippen LogP contribution in [0.2, 0.25) is 0 Å². The third-order valence-corrected chi connectivity index (χ3v) is 4.63. The maximum atomic E-state index is 12.6. The summed E-state index contributed by atoms with van der Waals surface area (Å²) in [6.07, 6.45) is 0.740. The molecule has 0 saturated carbocycles. The average Bonchev–Trinajstić information content (AvgIpc) is 2.86. The fourth-order valence-corrected chi connectivity index (χ4v) is 3.22. The summed E-state index contributed by atoms with van der Waals surface area (Å²) in [5.41, 5.74) is 0.469. The van der Waals surface area contributed by atoms with Gasteiger partial charge in [0.1, 0.15) is 6.54 Å². The van der Waals surface area contributed by atoms with E-state index in [1.54, 1.807) is 28.9 Å². The van der Waals surface area contributed by atoms with Gasteiger partial charge in [-0.3, -0.25) is 14.4 Å². The fourth-order valence-electron chi connectivity index (χ4n) is 3.22. The second-order valence-corrected chi connectivity index (χ2v) is 6.33. The highest BCUT2D eigenvalue weighted by atomic mass is 16.2. The lowest BCUT2D eigenvalue weighted by Gasteiger charge is -2.21. The van der Waals surface area contributed by atoms with Crippen LogP contribution in [-0.2, 0) is 16.1 Å². The standard InChI is InChI=1S/C18H22N4O3/c1-13-15-6-3-4-7-16(15)18(25)22(19-13)12-17(24)21-9-5-8-20(10-11-21)14(2)23/h3-4,6-7H,5,8-12H2,1-2H3. The summed E-state index contributed by atoms with van der Waals surface area (Å²) >= 11 is 0. The first-order valence-corrected chi connectivity index (χ1v) is 8.47. The molecule has 0 atom stereocenters. The summed E-state index contributed by atoms with van der Waals surface area (Å²) in [6.45, 7) is 5.55. The lowest BCUT2D eigenvalue weighted by Crippen LogP contribution is -2.40. The van der Waals surface area contributed by atoms with Crippen LogP contribution in [0.5, 0.6) is 0 Å². The Balaban J connectivity index is 1.79. The van der Waals surface area contributed by atoms with Crippen molar-refractivity contribution < 1.29 is 9.59 Å². The molecule has 2 aromatic rings.